The van der Waals surface area contributed by atoms with Crippen LogP contribution in [-0.2, 0) is 11.2 Å². The number of benzene rings is 1. The van der Waals surface area contributed by atoms with E-state index < -0.39 is 5.97 Å². The lowest BCUT2D eigenvalue weighted by molar-refractivity contribution is -0.137. The van der Waals surface area contributed by atoms with Gasteiger partial charge in [0.2, 0.25) is 0 Å². The highest BCUT2D eigenvalue weighted by Gasteiger charge is 1.98. The largest absolute Gasteiger partial charge is 0.481 e. The molecule has 0 heterocycles. The van der Waals surface area contributed by atoms with Gasteiger partial charge < -0.3 is 5.11 Å². The molecule has 1 N–H and O–H groups in total. The minimum absolute atomic E-state index is 0.337. The van der Waals surface area contributed by atoms with Gasteiger partial charge in [-0.15, -0.1) is 0 Å². The quantitative estimate of drug-likeness (QED) is 0.234. The fraction of sp³-hybridized carbons (Fsp3) is 0.667. The van der Waals surface area contributed by atoms with Gasteiger partial charge in [0.15, 0.2) is 0 Å². The third kappa shape index (κ3) is 12.8. The van der Waals surface area contributed by atoms with E-state index >= 15 is 0 Å². The maximum atomic E-state index is 10.4. The first-order valence-electron chi connectivity index (χ1n) is 9.65. The van der Waals surface area contributed by atoms with Gasteiger partial charge in [-0.3, -0.25) is 4.79 Å². The van der Waals surface area contributed by atoms with E-state index in [2.05, 4.69) is 46.9 Å². The van der Waals surface area contributed by atoms with Crippen molar-refractivity contribution in [2.45, 2.75) is 89.9 Å². The molecule has 3 heteroatoms. The predicted octanol–water partition coefficient (Wildman–Crippen LogP) is 6.99. The van der Waals surface area contributed by atoms with Crippen molar-refractivity contribution < 1.29 is 9.90 Å². The Hall–Kier alpha value is -0.580. The summed E-state index contributed by atoms with van der Waals surface area (Å²) in [6, 6.07) is 8.84. The Bertz CT molecular complexity index is 445. The second kappa shape index (κ2) is 14.7. The van der Waals surface area contributed by atoms with E-state index in [9.17, 15) is 4.79 Å². The lowest BCUT2D eigenvalue weighted by Crippen LogP contribution is -1.93. The van der Waals surface area contributed by atoms with Crippen LogP contribution in [-0.4, -0.2) is 11.1 Å². The Morgan fingerprint density at radius 3 is 1.79 bits per heavy atom. The molecule has 0 atom stereocenters. The molecular formula is C21H33IO2. The molecule has 0 aromatic heterocycles. The molecule has 1 aromatic carbocycles. The van der Waals surface area contributed by atoms with Crippen LogP contribution in [0.2, 0.25) is 0 Å². The van der Waals surface area contributed by atoms with Crippen LogP contribution in [0.15, 0.2) is 24.3 Å². The maximum absolute atomic E-state index is 10.4. The van der Waals surface area contributed by atoms with Crippen molar-refractivity contribution in [3.05, 3.63) is 33.4 Å². The smallest absolute Gasteiger partial charge is 0.303 e. The average Bonchev–Trinajstić information content (AvgIpc) is 2.55. The average molecular weight is 444 g/mol. The molecule has 0 saturated carbocycles. The molecule has 24 heavy (non-hydrogen) atoms. The van der Waals surface area contributed by atoms with Crippen LogP contribution in [0.5, 0.6) is 0 Å². The minimum atomic E-state index is -0.659. The van der Waals surface area contributed by atoms with E-state index in [1.807, 2.05) is 0 Å². The Morgan fingerprint density at radius 2 is 1.29 bits per heavy atom. The molecule has 1 rings (SSSR count). The molecule has 0 bridgehead atoms. The van der Waals surface area contributed by atoms with Crippen LogP contribution in [0.3, 0.4) is 0 Å². The molecule has 0 aliphatic carbocycles. The third-order valence-corrected chi connectivity index (χ3v) is 5.17. The molecule has 0 radical (unpaired) electrons. The molecule has 1 aromatic rings. The topological polar surface area (TPSA) is 37.3 Å². The van der Waals surface area contributed by atoms with Crippen LogP contribution < -0.4 is 0 Å². The number of unbranched alkanes of at least 4 members (excludes halogenated alkanes) is 11. The molecule has 0 aliphatic heterocycles. The van der Waals surface area contributed by atoms with Gasteiger partial charge in [-0.25, -0.2) is 0 Å². The van der Waals surface area contributed by atoms with Gasteiger partial charge in [-0.2, -0.15) is 0 Å². The van der Waals surface area contributed by atoms with E-state index in [1.165, 1.54) is 79.8 Å². The summed E-state index contributed by atoms with van der Waals surface area (Å²) in [6.45, 7) is 0. The number of aryl methyl sites for hydroxylation is 1. The van der Waals surface area contributed by atoms with Gasteiger partial charge >= 0.3 is 5.97 Å². The Balaban J connectivity index is 1.78. The van der Waals surface area contributed by atoms with Gasteiger partial charge in [-0.05, 0) is 59.5 Å². The zero-order valence-corrected chi connectivity index (χ0v) is 17.1. The zero-order valence-electron chi connectivity index (χ0n) is 14.9. The summed E-state index contributed by atoms with van der Waals surface area (Å²) in [7, 11) is 0. The van der Waals surface area contributed by atoms with Gasteiger partial charge in [0, 0.05) is 9.99 Å². The number of carbonyl (C=O) groups is 1. The van der Waals surface area contributed by atoms with Gasteiger partial charge in [0.1, 0.15) is 0 Å². The summed E-state index contributed by atoms with van der Waals surface area (Å²) in [6.07, 6.45) is 16.8. The molecular weight excluding hydrogens is 411 g/mol. The van der Waals surface area contributed by atoms with Gasteiger partial charge in [0.25, 0.3) is 0 Å². The fourth-order valence-electron chi connectivity index (χ4n) is 3.07. The number of rotatable bonds is 15. The van der Waals surface area contributed by atoms with Crippen LogP contribution in [0.25, 0.3) is 0 Å². The maximum Gasteiger partial charge on any atom is 0.303 e. The highest BCUT2D eigenvalue weighted by atomic mass is 127. The first-order valence-corrected chi connectivity index (χ1v) is 10.7. The van der Waals surface area contributed by atoms with Crippen molar-refractivity contribution in [2.75, 3.05) is 0 Å². The van der Waals surface area contributed by atoms with E-state index in [0.717, 1.165) is 12.8 Å². The standard InChI is InChI=1S/C21H33IO2/c22-20-16-13-15-19(18-20)14-11-9-7-5-3-1-2-4-6-8-10-12-17-21(23)24/h13,15-16,18H,1-12,14,17H2,(H,23,24). The molecule has 2 nitrogen and oxygen atoms in total. The van der Waals surface area contributed by atoms with Gasteiger partial charge in [-0.1, -0.05) is 76.3 Å². The predicted molar refractivity (Wildman–Crippen MR) is 111 cm³/mol. The fourth-order valence-corrected chi connectivity index (χ4v) is 3.67. The highest BCUT2D eigenvalue weighted by molar-refractivity contribution is 14.1. The molecule has 136 valence electrons. The van der Waals surface area contributed by atoms with Gasteiger partial charge in [0.05, 0.1) is 0 Å². The van der Waals surface area contributed by atoms with Crippen LogP contribution in [0.1, 0.15) is 89.0 Å². The summed E-state index contributed by atoms with van der Waals surface area (Å²) in [5.41, 5.74) is 1.48. The van der Waals surface area contributed by atoms with Crippen molar-refractivity contribution in [1.29, 1.82) is 0 Å². The lowest BCUT2D eigenvalue weighted by Gasteiger charge is -2.04. The van der Waals surface area contributed by atoms with Crippen molar-refractivity contribution in [3.63, 3.8) is 0 Å². The number of halogens is 1. The summed E-state index contributed by atoms with van der Waals surface area (Å²) in [5, 5.41) is 8.56. The third-order valence-electron chi connectivity index (χ3n) is 4.50. The number of aliphatic carboxylic acids is 1. The second-order valence-electron chi connectivity index (χ2n) is 6.77. The van der Waals surface area contributed by atoms with Crippen LogP contribution in [0, 0.1) is 3.57 Å². The van der Waals surface area contributed by atoms with Crippen molar-refractivity contribution in [3.8, 4) is 0 Å². The lowest BCUT2D eigenvalue weighted by atomic mass is 10.0. The van der Waals surface area contributed by atoms with E-state index in [0.29, 0.717) is 6.42 Å². The normalized spacial score (nSPS) is 10.9. The molecule has 0 unspecified atom stereocenters. The highest BCUT2D eigenvalue weighted by Crippen LogP contribution is 2.14. The van der Waals surface area contributed by atoms with Crippen LogP contribution >= 0.6 is 22.6 Å². The summed E-state index contributed by atoms with van der Waals surface area (Å²) in [5.74, 6) is -0.659. The van der Waals surface area contributed by atoms with E-state index in [1.54, 1.807) is 0 Å². The Morgan fingerprint density at radius 1 is 0.792 bits per heavy atom. The molecule has 0 amide bonds. The SMILES string of the molecule is O=C(O)CCCCCCCCCCCCCCc1cccc(I)c1. The van der Waals surface area contributed by atoms with Crippen molar-refractivity contribution >= 4 is 28.6 Å². The minimum Gasteiger partial charge on any atom is -0.481 e. The molecule has 0 spiro atoms. The van der Waals surface area contributed by atoms with E-state index in [-0.39, 0.29) is 0 Å². The van der Waals surface area contributed by atoms with Crippen LogP contribution in [0.4, 0.5) is 0 Å². The second-order valence-corrected chi connectivity index (χ2v) is 8.01. The molecule has 0 aliphatic rings. The summed E-state index contributed by atoms with van der Waals surface area (Å²) >= 11 is 2.38. The Kier molecular flexibility index (Phi) is 13.2. The zero-order chi connectivity index (χ0) is 17.5. The number of carboxylic acid groups (broad SMARTS) is 1. The summed E-state index contributed by atoms with van der Waals surface area (Å²) < 4.78 is 1.34. The molecule has 0 saturated heterocycles. The van der Waals surface area contributed by atoms with E-state index in [4.69, 9.17) is 5.11 Å². The molecule has 0 fully saturated rings. The van der Waals surface area contributed by atoms with Crippen molar-refractivity contribution in [2.24, 2.45) is 0 Å². The number of hydrogen-bond donors (Lipinski definition) is 1. The first kappa shape index (κ1) is 21.5. The number of carboxylic acids is 1. The Labute approximate surface area is 161 Å². The van der Waals surface area contributed by atoms with Crippen molar-refractivity contribution in [1.82, 2.24) is 0 Å². The first-order chi connectivity index (χ1) is 11.7. The number of hydrogen-bond acceptors (Lipinski definition) is 1. The monoisotopic (exact) mass is 444 g/mol. The summed E-state index contributed by atoms with van der Waals surface area (Å²) in [4.78, 5) is 10.4.